The van der Waals surface area contributed by atoms with Gasteiger partial charge in [0, 0.05) is 11.5 Å². The second kappa shape index (κ2) is 8.16. The van der Waals surface area contributed by atoms with Gasteiger partial charge in [-0.1, -0.05) is 48.2 Å². The van der Waals surface area contributed by atoms with Gasteiger partial charge < -0.3 is 4.74 Å². The van der Waals surface area contributed by atoms with Crippen molar-refractivity contribution in [1.29, 1.82) is 0 Å². The zero-order valence-corrected chi connectivity index (χ0v) is 14.9. The van der Waals surface area contributed by atoms with Crippen LogP contribution in [-0.2, 0) is 10.0 Å². The molecule has 138 valence electrons. The maximum Gasteiger partial charge on any atom is 0.244 e. The molecule has 0 saturated heterocycles. The first kappa shape index (κ1) is 18.8. The highest BCUT2D eigenvalue weighted by atomic mass is 32.2. The minimum Gasteiger partial charge on any atom is -0.480 e. The first-order valence-corrected chi connectivity index (χ1v) is 9.47. The smallest absolute Gasteiger partial charge is 0.244 e. The fourth-order valence-corrected chi connectivity index (χ4v) is 3.43. The summed E-state index contributed by atoms with van der Waals surface area (Å²) in [6.07, 6.45) is 0. The van der Waals surface area contributed by atoms with E-state index >= 15 is 0 Å². The molecule has 0 unspecified atom stereocenters. The number of fused-ring (bicyclic) bond motifs is 1. The van der Waals surface area contributed by atoms with Gasteiger partial charge in [0.25, 0.3) is 0 Å². The minimum absolute atomic E-state index is 0.0701. The molecular weight excluding hydrogens is 372 g/mol. The Morgan fingerprint density at radius 3 is 2.56 bits per heavy atom. The monoisotopic (exact) mass is 387 g/mol. The van der Waals surface area contributed by atoms with Crippen LogP contribution in [0, 0.1) is 23.5 Å². The molecule has 3 aromatic carbocycles. The number of ether oxygens (including phenoxy) is 1. The molecule has 0 spiro atoms. The lowest BCUT2D eigenvalue weighted by molar-refractivity contribution is 0.374. The van der Waals surface area contributed by atoms with E-state index in [1.54, 1.807) is 0 Å². The molecular formula is C20H15F2NO3S. The summed E-state index contributed by atoms with van der Waals surface area (Å²) in [6, 6.07) is 15.7. The predicted molar refractivity (Wildman–Crippen MR) is 98.8 cm³/mol. The van der Waals surface area contributed by atoms with Crippen LogP contribution < -0.4 is 9.46 Å². The van der Waals surface area contributed by atoms with Gasteiger partial charge in [0.15, 0.2) is 0 Å². The maximum atomic E-state index is 13.6. The molecule has 1 N–H and O–H groups in total. The van der Waals surface area contributed by atoms with E-state index in [0.29, 0.717) is 11.8 Å². The van der Waals surface area contributed by atoms with E-state index in [4.69, 9.17) is 4.74 Å². The lowest BCUT2D eigenvalue weighted by Crippen LogP contribution is -2.25. The number of rotatable bonds is 5. The summed E-state index contributed by atoms with van der Waals surface area (Å²) in [7, 11) is -4.11. The molecule has 0 amide bonds. The van der Waals surface area contributed by atoms with Crippen LogP contribution in [0.2, 0.25) is 0 Å². The Bertz CT molecular complexity index is 1130. The van der Waals surface area contributed by atoms with Gasteiger partial charge in [-0.15, -0.1) is 0 Å². The largest absolute Gasteiger partial charge is 0.480 e. The highest BCUT2D eigenvalue weighted by Gasteiger charge is 2.18. The average Bonchev–Trinajstić information content (AvgIpc) is 2.64. The van der Waals surface area contributed by atoms with E-state index in [-0.39, 0.29) is 13.2 Å². The van der Waals surface area contributed by atoms with Gasteiger partial charge in [-0.05, 0) is 23.6 Å². The SMILES string of the molecule is O=S(=O)(NCC#CCOc1cccc2ccccc12)c1ccc(F)cc1F. The Morgan fingerprint density at radius 1 is 0.963 bits per heavy atom. The lowest BCUT2D eigenvalue weighted by atomic mass is 10.1. The molecule has 0 atom stereocenters. The Hall–Kier alpha value is -2.95. The van der Waals surface area contributed by atoms with E-state index < -0.39 is 26.6 Å². The van der Waals surface area contributed by atoms with Crippen molar-refractivity contribution in [3.05, 3.63) is 72.3 Å². The van der Waals surface area contributed by atoms with Gasteiger partial charge in [0.05, 0.1) is 6.54 Å². The molecule has 0 radical (unpaired) electrons. The zero-order chi connectivity index (χ0) is 19.3. The zero-order valence-electron chi connectivity index (χ0n) is 14.1. The van der Waals surface area contributed by atoms with E-state index in [0.717, 1.165) is 22.9 Å². The first-order valence-electron chi connectivity index (χ1n) is 7.98. The van der Waals surface area contributed by atoms with Gasteiger partial charge in [-0.3, -0.25) is 0 Å². The van der Waals surface area contributed by atoms with Gasteiger partial charge in [-0.25, -0.2) is 17.2 Å². The number of hydrogen-bond acceptors (Lipinski definition) is 3. The van der Waals surface area contributed by atoms with Crippen LogP contribution >= 0.6 is 0 Å². The van der Waals surface area contributed by atoms with Crippen molar-refractivity contribution in [3.8, 4) is 17.6 Å². The molecule has 0 aliphatic heterocycles. The Kier molecular flexibility index (Phi) is 5.69. The van der Waals surface area contributed by atoms with Crippen molar-refractivity contribution in [2.45, 2.75) is 4.90 Å². The fourth-order valence-electron chi connectivity index (χ4n) is 2.45. The van der Waals surface area contributed by atoms with E-state index in [1.807, 2.05) is 42.5 Å². The minimum atomic E-state index is -4.11. The molecule has 0 aliphatic rings. The summed E-state index contributed by atoms with van der Waals surface area (Å²) in [5, 5.41) is 1.99. The fraction of sp³-hybridized carbons (Fsp3) is 0.100. The molecule has 0 aromatic heterocycles. The van der Waals surface area contributed by atoms with Crippen LogP contribution in [0.3, 0.4) is 0 Å². The predicted octanol–water partition coefficient (Wildman–Crippen LogP) is 3.48. The summed E-state index contributed by atoms with van der Waals surface area (Å²) in [5.41, 5.74) is 0. The molecule has 0 saturated carbocycles. The molecule has 3 rings (SSSR count). The molecule has 3 aromatic rings. The Balaban J connectivity index is 1.58. The van der Waals surface area contributed by atoms with Gasteiger partial charge in [0.1, 0.15) is 28.9 Å². The van der Waals surface area contributed by atoms with Crippen molar-refractivity contribution >= 4 is 20.8 Å². The number of hydrogen-bond donors (Lipinski definition) is 1. The topological polar surface area (TPSA) is 55.4 Å². The third kappa shape index (κ3) is 4.61. The summed E-state index contributed by atoms with van der Waals surface area (Å²) < 4.78 is 58.2. The maximum absolute atomic E-state index is 13.6. The van der Waals surface area contributed by atoms with Crippen LogP contribution in [0.1, 0.15) is 0 Å². The number of nitrogens with one attached hydrogen (secondary N) is 1. The molecule has 0 heterocycles. The normalized spacial score (nSPS) is 11.0. The summed E-state index contributed by atoms with van der Waals surface area (Å²) >= 11 is 0. The molecule has 7 heteroatoms. The average molecular weight is 387 g/mol. The molecule has 0 bridgehead atoms. The quantitative estimate of drug-likeness (QED) is 0.682. The van der Waals surface area contributed by atoms with Gasteiger partial charge >= 0.3 is 0 Å². The van der Waals surface area contributed by atoms with Gasteiger partial charge in [-0.2, -0.15) is 4.72 Å². The second-order valence-electron chi connectivity index (χ2n) is 5.52. The number of benzene rings is 3. The molecule has 0 fully saturated rings. The second-order valence-corrected chi connectivity index (χ2v) is 7.25. The van der Waals surface area contributed by atoms with Crippen LogP contribution in [0.25, 0.3) is 10.8 Å². The molecule has 0 aliphatic carbocycles. The highest BCUT2D eigenvalue weighted by molar-refractivity contribution is 7.89. The van der Waals surface area contributed by atoms with E-state index in [9.17, 15) is 17.2 Å². The van der Waals surface area contributed by atoms with Crippen LogP contribution in [0.4, 0.5) is 8.78 Å². The van der Waals surface area contributed by atoms with Crippen molar-refractivity contribution in [2.75, 3.05) is 13.2 Å². The highest BCUT2D eigenvalue weighted by Crippen LogP contribution is 2.24. The number of halogens is 2. The lowest BCUT2D eigenvalue weighted by Gasteiger charge is -2.06. The molecule has 27 heavy (non-hydrogen) atoms. The van der Waals surface area contributed by atoms with Gasteiger partial charge in [0.2, 0.25) is 10.0 Å². The van der Waals surface area contributed by atoms with E-state index in [2.05, 4.69) is 16.6 Å². The Morgan fingerprint density at radius 2 is 1.74 bits per heavy atom. The summed E-state index contributed by atoms with van der Waals surface area (Å²) in [5.74, 6) is 3.96. The summed E-state index contributed by atoms with van der Waals surface area (Å²) in [6.45, 7) is -0.154. The van der Waals surface area contributed by atoms with Crippen LogP contribution in [0.5, 0.6) is 5.75 Å². The number of sulfonamides is 1. The van der Waals surface area contributed by atoms with Crippen LogP contribution in [0.15, 0.2) is 65.6 Å². The third-order valence-corrected chi connectivity index (χ3v) is 5.14. The first-order chi connectivity index (χ1) is 13.0. The standard InChI is InChI=1S/C20H15F2NO3S/c21-16-10-11-20(18(22)14-16)27(24,25)23-12-3-4-13-26-19-9-5-7-15-6-1-2-8-17(15)19/h1-2,5-11,14,23H,12-13H2. The van der Waals surface area contributed by atoms with Crippen LogP contribution in [-0.4, -0.2) is 21.6 Å². The molecule has 4 nitrogen and oxygen atoms in total. The van der Waals surface area contributed by atoms with Crippen molar-refractivity contribution in [1.82, 2.24) is 4.72 Å². The van der Waals surface area contributed by atoms with Crippen molar-refractivity contribution in [3.63, 3.8) is 0 Å². The van der Waals surface area contributed by atoms with Crippen molar-refractivity contribution < 1.29 is 21.9 Å². The van der Waals surface area contributed by atoms with Crippen molar-refractivity contribution in [2.24, 2.45) is 0 Å². The Labute approximate surface area is 155 Å². The summed E-state index contributed by atoms with van der Waals surface area (Å²) in [4.78, 5) is -0.627. The third-order valence-electron chi connectivity index (χ3n) is 3.71. The van der Waals surface area contributed by atoms with E-state index in [1.165, 1.54) is 0 Å².